The highest BCUT2D eigenvalue weighted by Crippen LogP contribution is 2.66. The van der Waals surface area contributed by atoms with Crippen LogP contribution in [0, 0.1) is 13.8 Å². The van der Waals surface area contributed by atoms with Gasteiger partial charge >= 0.3 is 11.9 Å². The first-order valence-electron chi connectivity index (χ1n) is 16.1. The van der Waals surface area contributed by atoms with Gasteiger partial charge in [0.05, 0.1) is 45.0 Å². The van der Waals surface area contributed by atoms with Gasteiger partial charge in [-0.25, -0.2) is 9.59 Å². The fraction of sp³-hybridized carbons (Fsp3) is 0.268. The summed E-state index contributed by atoms with van der Waals surface area (Å²) in [7, 11) is 6.25. The van der Waals surface area contributed by atoms with Crippen LogP contribution in [-0.4, -0.2) is 40.4 Å². The molecular weight excluding hydrogens is 620 g/mol. The summed E-state index contributed by atoms with van der Waals surface area (Å²) in [5.41, 5.74) is 6.13. The number of hydrogen-bond acceptors (Lipinski definition) is 8. The number of esters is 2. The summed E-state index contributed by atoms with van der Waals surface area (Å²) < 4.78 is 37.4. The first-order valence-corrected chi connectivity index (χ1v) is 16.1. The van der Waals surface area contributed by atoms with Gasteiger partial charge in [-0.3, -0.25) is 0 Å². The quantitative estimate of drug-likeness (QED) is 0.0754. The third kappa shape index (κ3) is 5.14. The highest BCUT2D eigenvalue weighted by Gasteiger charge is 2.55. The number of methoxy groups -OCH3 is 4. The molecule has 0 heterocycles. The smallest absolute Gasteiger partial charge is 0.335 e. The van der Waals surface area contributed by atoms with E-state index in [0.29, 0.717) is 47.0 Å². The molecule has 0 amide bonds. The van der Waals surface area contributed by atoms with Crippen LogP contribution in [0.25, 0.3) is 11.1 Å². The molecule has 0 bridgehead atoms. The maximum absolute atomic E-state index is 13.3. The first kappa shape index (κ1) is 34.8. The number of rotatable bonds is 12. The molecule has 0 aromatic heterocycles. The third-order valence-corrected chi connectivity index (χ3v) is 9.42. The third-order valence-electron chi connectivity index (χ3n) is 9.42. The molecule has 5 rings (SSSR count). The fourth-order valence-corrected chi connectivity index (χ4v) is 7.54. The van der Waals surface area contributed by atoms with Crippen molar-refractivity contribution >= 4 is 11.9 Å². The Morgan fingerprint density at radius 3 is 1.24 bits per heavy atom. The largest absolute Gasteiger partial charge is 0.496 e. The molecule has 0 radical (unpaired) electrons. The van der Waals surface area contributed by atoms with Crippen molar-refractivity contribution in [1.29, 1.82) is 0 Å². The maximum atomic E-state index is 13.3. The normalized spacial score (nSPS) is 12.3. The van der Waals surface area contributed by atoms with Crippen LogP contribution in [0.4, 0.5) is 0 Å². The van der Waals surface area contributed by atoms with Crippen molar-refractivity contribution in [2.45, 2.75) is 46.0 Å². The molecular formula is C41H42O8. The van der Waals surface area contributed by atoms with E-state index in [4.69, 9.17) is 28.4 Å². The minimum Gasteiger partial charge on any atom is -0.496 e. The van der Waals surface area contributed by atoms with Crippen LogP contribution < -0.4 is 28.4 Å². The van der Waals surface area contributed by atoms with Crippen LogP contribution in [0.1, 0.15) is 58.4 Å². The molecule has 49 heavy (non-hydrogen) atoms. The van der Waals surface area contributed by atoms with Crippen molar-refractivity contribution in [2.75, 3.05) is 28.4 Å². The molecule has 254 valence electrons. The van der Waals surface area contributed by atoms with Crippen molar-refractivity contribution in [3.05, 3.63) is 118 Å². The average molecular weight is 663 g/mol. The zero-order valence-electron chi connectivity index (χ0n) is 29.4. The number of benzene rings is 4. The molecule has 4 aromatic carbocycles. The lowest BCUT2D eigenvalue weighted by atomic mass is 9.64. The molecule has 0 spiro atoms. The predicted molar refractivity (Wildman–Crippen MR) is 190 cm³/mol. The summed E-state index contributed by atoms with van der Waals surface area (Å²) >= 11 is 0. The Hall–Kier alpha value is -5.50. The second kappa shape index (κ2) is 13.9. The van der Waals surface area contributed by atoms with Gasteiger partial charge in [0.25, 0.3) is 0 Å². The number of carbonyl (C=O) groups is 2. The topological polar surface area (TPSA) is 89.5 Å². The second-order valence-electron chi connectivity index (χ2n) is 11.5. The van der Waals surface area contributed by atoms with E-state index < -0.39 is 17.4 Å². The van der Waals surface area contributed by atoms with E-state index in [-0.39, 0.29) is 11.5 Å². The van der Waals surface area contributed by atoms with Crippen LogP contribution >= 0.6 is 0 Å². The van der Waals surface area contributed by atoms with E-state index >= 15 is 0 Å². The molecule has 1 aliphatic carbocycles. The molecule has 8 heteroatoms. The predicted octanol–water partition coefficient (Wildman–Crippen LogP) is 8.01. The minimum absolute atomic E-state index is 0.131. The van der Waals surface area contributed by atoms with Crippen LogP contribution in [0.2, 0.25) is 0 Å². The van der Waals surface area contributed by atoms with E-state index in [1.54, 1.807) is 14.2 Å². The van der Waals surface area contributed by atoms with Gasteiger partial charge in [-0.1, -0.05) is 75.5 Å². The highest BCUT2D eigenvalue weighted by molar-refractivity contribution is 5.94. The van der Waals surface area contributed by atoms with Gasteiger partial charge in [-0.05, 0) is 48.9 Å². The van der Waals surface area contributed by atoms with Crippen LogP contribution in [0.5, 0.6) is 34.5 Å². The molecule has 0 aliphatic heterocycles. The van der Waals surface area contributed by atoms with Crippen molar-refractivity contribution in [2.24, 2.45) is 0 Å². The number of hydrogen-bond donors (Lipinski definition) is 0. The molecule has 0 saturated heterocycles. The summed E-state index contributed by atoms with van der Waals surface area (Å²) in [5, 5.41) is 0. The summed E-state index contributed by atoms with van der Waals surface area (Å²) in [6.45, 7) is 15.2. The van der Waals surface area contributed by atoms with Gasteiger partial charge in [-0.15, -0.1) is 0 Å². The zero-order valence-corrected chi connectivity index (χ0v) is 29.4. The van der Waals surface area contributed by atoms with Crippen molar-refractivity contribution in [3.63, 3.8) is 0 Å². The van der Waals surface area contributed by atoms with Gasteiger partial charge in [0, 0.05) is 34.4 Å². The second-order valence-corrected chi connectivity index (χ2v) is 11.5. The van der Waals surface area contributed by atoms with Gasteiger partial charge in [0.2, 0.25) is 0 Å². The summed E-state index contributed by atoms with van der Waals surface area (Å²) in [4.78, 5) is 26.5. The number of fused-ring (bicyclic) bond motifs is 3. The van der Waals surface area contributed by atoms with Gasteiger partial charge in [-0.2, -0.15) is 0 Å². The summed E-state index contributed by atoms with van der Waals surface area (Å²) in [5.74, 6) is 0.517. The molecule has 1 aliphatic rings. The SMILES string of the molecule is C=CC(=O)Oc1c(OC)c(C)c(CC)c(OC)c1C1(c2c(OC)c(CC)c(C)c(OC)c2OC(=O)C=C)c2ccccc2-c2ccccc21. The van der Waals surface area contributed by atoms with E-state index in [0.717, 1.165) is 56.7 Å². The number of carbonyl (C=O) groups excluding carboxylic acids is 2. The van der Waals surface area contributed by atoms with Gasteiger partial charge in [0.1, 0.15) is 11.5 Å². The molecule has 8 nitrogen and oxygen atoms in total. The maximum Gasteiger partial charge on any atom is 0.335 e. The Morgan fingerprint density at radius 2 is 0.939 bits per heavy atom. The molecule has 0 saturated carbocycles. The first-order chi connectivity index (χ1) is 23.7. The monoisotopic (exact) mass is 662 g/mol. The lowest BCUT2D eigenvalue weighted by Crippen LogP contribution is -2.33. The van der Waals surface area contributed by atoms with Crippen LogP contribution in [0.3, 0.4) is 0 Å². The summed E-state index contributed by atoms with van der Waals surface area (Å²) in [6.07, 6.45) is 3.31. The van der Waals surface area contributed by atoms with E-state index in [1.165, 1.54) is 14.2 Å². The fourth-order valence-electron chi connectivity index (χ4n) is 7.54. The lowest BCUT2D eigenvalue weighted by Gasteiger charge is -2.39. The highest BCUT2D eigenvalue weighted by atomic mass is 16.6. The summed E-state index contributed by atoms with van der Waals surface area (Å²) in [6, 6.07) is 15.9. The Balaban J connectivity index is 2.26. The zero-order chi connectivity index (χ0) is 35.6. The van der Waals surface area contributed by atoms with Crippen molar-refractivity contribution in [3.8, 4) is 45.6 Å². The Morgan fingerprint density at radius 1 is 0.592 bits per heavy atom. The van der Waals surface area contributed by atoms with E-state index in [1.807, 2.05) is 76.2 Å². The Bertz CT molecular complexity index is 1840. The standard InChI is InChI=1S/C41H42O8/c1-11-25-23(5)35(44-7)39(48-31(42)13-3)33(37(25)46-9)41(29-21-17-15-19-27(29)28-20-16-18-22-30(28)41)34-38(47-10)26(12-2)24(6)36(45-8)40(34)49-32(43)14-4/h13-22H,3-4,11-12H2,1-2,5-10H3. The van der Waals surface area contributed by atoms with Crippen LogP contribution in [-0.2, 0) is 27.8 Å². The van der Waals surface area contributed by atoms with Crippen molar-refractivity contribution in [1.82, 2.24) is 0 Å². The molecule has 4 aromatic rings. The van der Waals surface area contributed by atoms with Gasteiger partial charge < -0.3 is 28.4 Å². The average Bonchev–Trinajstić information content (AvgIpc) is 3.41. The van der Waals surface area contributed by atoms with E-state index in [9.17, 15) is 9.59 Å². The van der Waals surface area contributed by atoms with E-state index in [2.05, 4.69) is 13.2 Å². The Labute approximate surface area is 287 Å². The van der Waals surface area contributed by atoms with Crippen LogP contribution in [0.15, 0.2) is 73.8 Å². The Kier molecular flexibility index (Phi) is 9.90. The number of ether oxygens (including phenoxy) is 6. The van der Waals surface area contributed by atoms with Gasteiger partial charge in [0.15, 0.2) is 23.0 Å². The molecule has 0 unspecified atom stereocenters. The molecule has 0 atom stereocenters. The molecule has 0 fully saturated rings. The lowest BCUT2D eigenvalue weighted by molar-refractivity contribution is -0.129. The molecule has 0 N–H and O–H groups in total. The minimum atomic E-state index is -1.41. The van der Waals surface area contributed by atoms with Crippen molar-refractivity contribution < 1.29 is 38.0 Å².